The average molecular weight is 416 g/mol. The smallest absolute Gasteiger partial charge is 0.232 e. The third-order valence-corrected chi connectivity index (χ3v) is 5.84. The van der Waals surface area contributed by atoms with Crippen LogP contribution in [0.15, 0.2) is 53.2 Å². The number of nitriles is 1. The first kappa shape index (κ1) is 21.1. The summed E-state index contributed by atoms with van der Waals surface area (Å²) in [5.41, 5.74) is 3.74. The van der Waals surface area contributed by atoms with E-state index in [9.17, 15) is 5.26 Å². The fraction of sp³-hybridized carbons (Fsp3) is 0.400. The molecule has 1 saturated heterocycles. The molecule has 0 bridgehead atoms. The van der Waals surface area contributed by atoms with E-state index in [2.05, 4.69) is 71.3 Å². The number of benzene rings is 1. The van der Waals surface area contributed by atoms with E-state index in [4.69, 9.17) is 4.42 Å². The maximum Gasteiger partial charge on any atom is 0.232 e. The summed E-state index contributed by atoms with van der Waals surface area (Å²) in [5, 5.41) is 12.9. The summed E-state index contributed by atoms with van der Waals surface area (Å²) in [7, 11) is 0. The molecular weight excluding hydrogens is 386 g/mol. The lowest BCUT2D eigenvalue weighted by atomic mass is 9.86. The summed E-state index contributed by atoms with van der Waals surface area (Å²) >= 11 is 0. The van der Waals surface area contributed by atoms with Crippen LogP contribution in [0.2, 0.25) is 0 Å². The van der Waals surface area contributed by atoms with Gasteiger partial charge in [0.15, 0.2) is 0 Å². The molecule has 0 saturated carbocycles. The monoisotopic (exact) mass is 415 g/mol. The standard InChI is InChI=1S/C25H29N5O/c1-25(2,3)20-10-8-18(9-11-20)22(30-13-4-5-14-30)17-28-24-21(15-26)29-23(31-24)19-7-6-12-27-16-19/h6-12,16,22,28H,4-5,13-14,17H2,1-3H3/t22-/m0/s1. The number of rotatable bonds is 6. The van der Waals surface area contributed by atoms with Gasteiger partial charge in [0.1, 0.15) is 6.07 Å². The zero-order valence-corrected chi connectivity index (χ0v) is 18.4. The summed E-state index contributed by atoms with van der Waals surface area (Å²) in [6, 6.07) is 15.0. The Bertz CT molecular complexity index is 1040. The minimum atomic E-state index is 0.129. The molecule has 1 fully saturated rings. The Balaban J connectivity index is 1.56. The summed E-state index contributed by atoms with van der Waals surface area (Å²) in [6.07, 6.45) is 5.81. The molecule has 1 aliphatic heterocycles. The normalized spacial score (nSPS) is 15.5. The van der Waals surface area contributed by atoms with Gasteiger partial charge in [-0.1, -0.05) is 45.0 Å². The molecule has 1 N–H and O–H groups in total. The van der Waals surface area contributed by atoms with Crippen LogP contribution in [0.1, 0.15) is 56.5 Å². The molecule has 1 aliphatic rings. The number of aromatic nitrogens is 2. The number of anilines is 1. The van der Waals surface area contributed by atoms with Gasteiger partial charge in [-0.05, 0) is 54.6 Å². The molecule has 2 aromatic heterocycles. The lowest BCUT2D eigenvalue weighted by Gasteiger charge is -2.29. The van der Waals surface area contributed by atoms with Crippen molar-refractivity contribution in [3.63, 3.8) is 0 Å². The fourth-order valence-electron chi connectivity index (χ4n) is 4.03. The van der Waals surface area contributed by atoms with Crippen LogP contribution in [0.25, 0.3) is 11.5 Å². The van der Waals surface area contributed by atoms with Crippen LogP contribution in [0.4, 0.5) is 5.88 Å². The number of hydrogen-bond donors (Lipinski definition) is 1. The van der Waals surface area contributed by atoms with Gasteiger partial charge >= 0.3 is 0 Å². The van der Waals surface area contributed by atoms with Crippen molar-refractivity contribution in [3.8, 4) is 17.5 Å². The SMILES string of the molecule is CC(C)(C)c1ccc([C@H](CNc2oc(-c3cccnc3)nc2C#N)N2CCCC2)cc1. The Labute approximate surface area is 183 Å². The molecule has 0 aliphatic carbocycles. The van der Waals surface area contributed by atoms with E-state index in [1.165, 1.54) is 24.0 Å². The van der Waals surface area contributed by atoms with E-state index in [1.807, 2.05) is 12.1 Å². The fourth-order valence-corrected chi connectivity index (χ4v) is 4.03. The van der Waals surface area contributed by atoms with Crippen molar-refractivity contribution >= 4 is 5.88 Å². The van der Waals surface area contributed by atoms with Gasteiger partial charge in [0.25, 0.3) is 0 Å². The summed E-state index contributed by atoms with van der Waals surface area (Å²) in [4.78, 5) is 11.0. The summed E-state index contributed by atoms with van der Waals surface area (Å²) < 4.78 is 5.90. The van der Waals surface area contributed by atoms with Crippen LogP contribution in [-0.4, -0.2) is 34.5 Å². The molecule has 160 valence electrons. The number of nitrogens with zero attached hydrogens (tertiary/aromatic N) is 4. The minimum Gasteiger partial charge on any atom is -0.419 e. The van der Waals surface area contributed by atoms with E-state index in [-0.39, 0.29) is 17.2 Å². The minimum absolute atomic E-state index is 0.129. The summed E-state index contributed by atoms with van der Waals surface area (Å²) in [5.74, 6) is 0.816. The highest BCUT2D eigenvalue weighted by molar-refractivity contribution is 5.57. The zero-order valence-electron chi connectivity index (χ0n) is 18.4. The van der Waals surface area contributed by atoms with E-state index in [0.717, 1.165) is 18.7 Å². The van der Waals surface area contributed by atoms with E-state index in [1.54, 1.807) is 12.4 Å². The van der Waals surface area contributed by atoms with Gasteiger partial charge in [-0.15, -0.1) is 0 Å². The van der Waals surface area contributed by atoms with Gasteiger partial charge in [0.05, 0.1) is 11.6 Å². The van der Waals surface area contributed by atoms with Crippen molar-refractivity contribution in [3.05, 3.63) is 65.6 Å². The lowest BCUT2D eigenvalue weighted by molar-refractivity contribution is 0.255. The molecule has 1 aromatic carbocycles. The van der Waals surface area contributed by atoms with Crippen LogP contribution in [0, 0.1) is 11.3 Å². The quantitative estimate of drug-likeness (QED) is 0.599. The Hall–Kier alpha value is -3.17. The maximum atomic E-state index is 9.54. The van der Waals surface area contributed by atoms with Gasteiger partial charge in [0.2, 0.25) is 17.5 Å². The van der Waals surface area contributed by atoms with E-state index >= 15 is 0 Å². The molecule has 31 heavy (non-hydrogen) atoms. The van der Waals surface area contributed by atoms with Crippen molar-refractivity contribution < 1.29 is 4.42 Å². The number of hydrogen-bond acceptors (Lipinski definition) is 6. The van der Waals surface area contributed by atoms with Crippen LogP contribution in [0.3, 0.4) is 0 Å². The Morgan fingerprint density at radius 3 is 2.52 bits per heavy atom. The van der Waals surface area contributed by atoms with E-state index in [0.29, 0.717) is 18.3 Å². The first-order valence-electron chi connectivity index (χ1n) is 10.9. The third-order valence-electron chi connectivity index (χ3n) is 5.84. The second kappa shape index (κ2) is 8.91. The Morgan fingerprint density at radius 2 is 1.90 bits per heavy atom. The second-order valence-electron chi connectivity index (χ2n) is 9.06. The van der Waals surface area contributed by atoms with Crippen molar-refractivity contribution in [2.24, 2.45) is 0 Å². The highest BCUT2D eigenvalue weighted by atomic mass is 16.4. The first-order valence-corrected chi connectivity index (χ1v) is 10.9. The molecule has 1 atom stereocenters. The zero-order chi connectivity index (χ0) is 21.8. The number of pyridine rings is 1. The molecule has 0 amide bonds. The van der Waals surface area contributed by atoms with Crippen molar-refractivity contribution in [2.45, 2.75) is 45.1 Å². The van der Waals surface area contributed by atoms with Gasteiger partial charge in [-0.3, -0.25) is 9.88 Å². The molecule has 6 heteroatoms. The van der Waals surface area contributed by atoms with Crippen LogP contribution in [0.5, 0.6) is 0 Å². The molecular formula is C25H29N5O. The Kier molecular flexibility index (Phi) is 6.06. The van der Waals surface area contributed by atoms with Crippen LogP contribution in [-0.2, 0) is 5.41 Å². The second-order valence-corrected chi connectivity index (χ2v) is 9.06. The molecule has 0 radical (unpaired) electrons. The van der Waals surface area contributed by atoms with Crippen molar-refractivity contribution in [1.29, 1.82) is 5.26 Å². The summed E-state index contributed by atoms with van der Waals surface area (Å²) in [6.45, 7) is 9.49. The lowest BCUT2D eigenvalue weighted by Crippen LogP contribution is -2.31. The highest BCUT2D eigenvalue weighted by Gasteiger charge is 2.25. The molecule has 0 unspecified atom stereocenters. The third kappa shape index (κ3) is 4.78. The van der Waals surface area contributed by atoms with Gasteiger partial charge in [0, 0.05) is 18.9 Å². The van der Waals surface area contributed by atoms with Gasteiger partial charge < -0.3 is 9.73 Å². The topological polar surface area (TPSA) is 78.0 Å². The van der Waals surface area contributed by atoms with Crippen molar-refractivity contribution in [1.82, 2.24) is 14.9 Å². The van der Waals surface area contributed by atoms with Crippen LogP contribution >= 0.6 is 0 Å². The van der Waals surface area contributed by atoms with Crippen molar-refractivity contribution in [2.75, 3.05) is 25.0 Å². The first-order chi connectivity index (χ1) is 15.0. The van der Waals surface area contributed by atoms with E-state index < -0.39 is 0 Å². The molecule has 6 nitrogen and oxygen atoms in total. The molecule has 4 rings (SSSR count). The van der Waals surface area contributed by atoms with Gasteiger partial charge in [-0.25, -0.2) is 0 Å². The molecule has 0 spiro atoms. The predicted molar refractivity (Wildman–Crippen MR) is 122 cm³/mol. The highest BCUT2D eigenvalue weighted by Crippen LogP contribution is 2.30. The van der Waals surface area contributed by atoms with Crippen LogP contribution < -0.4 is 5.32 Å². The predicted octanol–water partition coefficient (Wildman–Crippen LogP) is 5.15. The van der Waals surface area contributed by atoms with Gasteiger partial charge in [-0.2, -0.15) is 10.2 Å². The Morgan fingerprint density at radius 1 is 1.16 bits per heavy atom. The molecule has 3 aromatic rings. The number of nitrogens with one attached hydrogen (secondary N) is 1. The number of likely N-dealkylation sites (tertiary alicyclic amines) is 1. The maximum absolute atomic E-state index is 9.54. The number of oxazole rings is 1. The largest absolute Gasteiger partial charge is 0.419 e. The molecule has 3 heterocycles. The average Bonchev–Trinajstić information content (AvgIpc) is 3.44.